The van der Waals surface area contributed by atoms with Crippen molar-refractivity contribution in [3.63, 3.8) is 0 Å². The highest BCUT2D eigenvalue weighted by molar-refractivity contribution is 7.89. The smallest absolute Gasteiger partial charge is 0.409 e. The number of nitrogens with one attached hydrogen (secondary N) is 1. The van der Waals surface area contributed by atoms with Crippen molar-refractivity contribution in [2.75, 3.05) is 52.1 Å². The number of hydroxylamine groups is 1. The van der Waals surface area contributed by atoms with Crippen LogP contribution in [0.15, 0.2) is 36.4 Å². The highest BCUT2D eigenvalue weighted by Crippen LogP contribution is 2.35. The first-order valence-electron chi connectivity index (χ1n) is 12.5. The molecule has 0 saturated carbocycles. The molecule has 2 amide bonds. The molecule has 2 fully saturated rings. The summed E-state index contributed by atoms with van der Waals surface area (Å²) in [7, 11) is -1.78. The van der Waals surface area contributed by atoms with Crippen LogP contribution < -0.4 is 5.48 Å². The van der Waals surface area contributed by atoms with Crippen LogP contribution in [-0.4, -0.2) is 97.9 Å². The van der Waals surface area contributed by atoms with Crippen LogP contribution in [-0.2, 0) is 19.6 Å². The second kappa shape index (κ2) is 11.3. The molecule has 3 heterocycles. The van der Waals surface area contributed by atoms with E-state index in [-0.39, 0.29) is 38.5 Å². The van der Waals surface area contributed by atoms with Gasteiger partial charge in [0.2, 0.25) is 10.0 Å². The minimum atomic E-state index is -3.79. The Morgan fingerprint density at radius 1 is 1.14 bits per heavy atom. The first-order chi connectivity index (χ1) is 17.2. The van der Waals surface area contributed by atoms with Gasteiger partial charge in [-0.2, -0.15) is 4.31 Å². The number of benzene rings is 1. The monoisotopic (exact) mass is 520 g/mol. The van der Waals surface area contributed by atoms with E-state index in [1.165, 1.54) is 9.21 Å². The lowest BCUT2D eigenvalue weighted by Crippen LogP contribution is -2.54. The van der Waals surface area contributed by atoms with Gasteiger partial charge in [-0.15, -0.1) is 0 Å². The molecule has 10 nitrogen and oxygen atoms in total. The molecule has 0 spiro atoms. The maximum absolute atomic E-state index is 13.3. The van der Waals surface area contributed by atoms with E-state index in [1.54, 1.807) is 5.48 Å². The zero-order chi connectivity index (χ0) is 25.8. The van der Waals surface area contributed by atoms with E-state index >= 15 is 0 Å². The van der Waals surface area contributed by atoms with Crippen molar-refractivity contribution in [3.05, 3.63) is 42.0 Å². The third-order valence-electron chi connectivity index (χ3n) is 7.80. The molecule has 1 unspecified atom stereocenters. The van der Waals surface area contributed by atoms with Gasteiger partial charge < -0.3 is 14.5 Å². The molecule has 1 atom stereocenters. The van der Waals surface area contributed by atoms with Crippen LogP contribution in [0.25, 0.3) is 5.57 Å². The number of carbonyl (C=O) groups excluding carboxylic acids is 2. The maximum atomic E-state index is 13.3. The third-order valence-corrected chi connectivity index (χ3v) is 9.84. The minimum absolute atomic E-state index is 0.121. The average Bonchev–Trinajstić information content (AvgIpc) is 3.32. The molecule has 11 heteroatoms. The molecule has 0 bridgehead atoms. The van der Waals surface area contributed by atoms with E-state index in [4.69, 9.17) is 4.74 Å². The molecule has 0 aliphatic carbocycles. The van der Waals surface area contributed by atoms with Crippen molar-refractivity contribution < 1.29 is 28.0 Å². The molecule has 198 valence electrons. The summed E-state index contributed by atoms with van der Waals surface area (Å²) in [6.45, 7) is 2.22. The van der Waals surface area contributed by atoms with Gasteiger partial charge in [-0.05, 0) is 56.8 Å². The number of hydrogen-bond acceptors (Lipinski definition) is 7. The van der Waals surface area contributed by atoms with Gasteiger partial charge in [0.05, 0.1) is 11.2 Å². The SMILES string of the molecule is CN1CCCC1COC(=O)N1CCC(CS(=O)(=O)N2CC=C(c3ccccc3)CC2)(C(=O)NO)CC1. The Bertz CT molecular complexity index is 1070. The van der Waals surface area contributed by atoms with Crippen LogP contribution in [0, 0.1) is 5.41 Å². The average molecular weight is 521 g/mol. The number of likely N-dealkylation sites (N-methyl/N-ethyl adjacent to an activating group) is 1. The van der Waals surface area contributed by atoms with Crippen molar-refractivity contribution >= 4 is 27.6 Å². The number of ether oxygens (including phenoxy) is 1. The largest absolute Gasteiger partial charge is 0.448 e. The highest BCUT2D eigenvalue weighted by Gasteiger charge is 2.47. The van der Waals surface area contributed by atoms with Crippen LogP contribution in [0.5, 0.6) is 0 Å². The fraction of sp³-hybridized carbons (Fsp3) is 0.600. The summed E-state index contributed by atoms with van der Waals surface area (Å²) in [5.74, 6) is -1.15. The predicted molar refractivity (Wildman–Crippen MR) is 135 cm³/mol. The van der Waals surface area contributed by atoms with E-state index in [9.17, 15) is 23.2 Å². The normalized spacial score (nSPS) is 23.2. The molecule has 3 aliphatic rings. The fourth-order valence-electron chi connectivity index (χ4n) is 5.38. The van der Waals surface area contributed by atoms with Gasteiger partial charge in [0.25, 0.3) is 5.91 Å². The number of rotatable bonds is 7. The van der Waals surface area contributed by atoms with Gasteiger partial charge in [-0.25, -0.2) is 18.7 Å². The Hall–Kier alpha value is -2.47. The van der Waals surface area contributed by atoms with E-state index < -0.39 is 33.2 Å². The molecule has 2 saturated heterocycles. The van der Waals surface area contributed by atoms with Crippen molar-refractivity contribution in [2.45, 2.75) is 38.1 Å². The molecule has 1 aromatic carbocycles. The Morgan fingerprint density at radius 3 is 2.44 bits per heavy atom. The summed E-state index contributed by atoms with van der Waals surface area (Å²) in [4.78, 5) is 29.0. The lowest BCUT2D eigenvalue weighted by atomic mass is 9.79. The quantitative estimate of drug-likeness (QED) is 0.416. The van der Waals surface area contributed by atoms with E-state index in [0.29, 0.717) is 19.6 Å². The Kier molecular flexibility index (Phi) is 8.34. The van der Waals surface area contributed by atoms with Crippen molar-refractivity contribution in [2.24, 2.45) is 5.41 Å². The summed E-state index contributed by atoms with van der Waals surface area (Å²) < 4.78 is 33.6. The van der Waals surface area contributed by atoms with E-state index in [0.717, 1.165) is 30.5 Å². The molecule has 1 aromatic rings. The number of sulfonamides is 1. The minimum Gasteiger partial charge on any atom is -0.448 e. The zero-order valence-corrected chi connectivity index (χ0v) is 21.6. The Labute approximate surface area is 212 Å². The second-order valence-electron chi connectivity index (χ2n) is 10.0. The number of nitrogens with zero attached hydrogens (tertiary/aromatic N) is 3. The maximum Gasteiger partial charge on any atom is 0.409 e. The van der Waals surface area contributed by atoms with Gasteiger partial charge in [-0.1, -0.05) is 36.4 Å². The Balaban J connectivity index is 1.37. The topological polar surface area (TPSA) is 119 Å². The summed E-state index contributed by atoms with van der Waals surface area (Å²) in [5, 5.41) is 9.40. The van der Waals surface area contributed by atoms with Crippen LogP contribution in [0.2, 0.25) is 0 Å². The first kappa shape index (κ1) is 26.6. The van der Waals surface area contributed by atoms with Crippen LogP contribution in [0.1, 0.15) is 37.7 Å². The fourth-order valence-corrected chi connectivity index (χ4v) is 7.35. The van der Waals surface area contributed by atoms with E-state index in [1.807, 2.05) is 43.5 Å². The number of carbonyl (C=O) groups is 2. The van der Waals surface area contributed by atoms with Crippen LogP contribution in [0.3, 0.4) is 0 Å². The van der Waals surface area contributed by atoms with Crippen molar-refractivity contribution in [1.82, 2.24) is 19.6 Å². The molecule has 3 aliphatic heterocycles. The van der Waals surface area contributed by atoms with Gasteiger partial charge in [0, 0.05) is 32.2 Å². The van der Waals surface area contributed by atoms with Crippen LogP contribution >= 0.6 is 0 Å². The molecule has 0 aromatic heterocycles. The summed E-state index contributed by atoms with van der Waals surface area (Å²) in [5.41, 5.74) is 2.52. The molecule has 36 heavy (non-hydrogen) atoms. The molecule has 4 rings (SSSR count). The van der Waals surface area contributed by atoms with E-state index in [2.05, 4.69) is 4.90 Å². The number of likely N-dealkylation sites (tertiary alicyclic amines) is 2. The lowest BCUT2D eigenvalue weighted by molar-refractivity contribution is -0.141. The summed E-state index contributed by atoms with van der Waals surface area (Å²) >= 11 is 0. The number of piperidine rings is 1. The number of hydrogen-bond donors (Lipinski definition) is 2. The number of amides is 2. The molecular formula is C25H36N4O6S. The predicted octanol–water partition coefficient (Wildman–Crippen LogP) is 1.92. The van der Waals surface area contributed by atoms with Crippen molar-refractivity contribution in [3.8, 4) is 0 Å². The van der Waals surface area contributed by atoms with Gasteiger partial charge >= 0.3 is 6.09 Å². The third kappa shape index (κ3) is 5.91. The standard InChI is InChI=1S/C25H36N4O6S/c1-27-13-5-8-22(27)18-35-24(31)28-16-11-25(12-17-28,23(30)26-32)19-36(33,34)29-14-9-21(10-15-29)20-6-3-2-4-7-20/h2-4,6-7,9,22,32H,5,8,10-19H2,1H3,(H,26,30). The van der Waals surface area contributed by atoms with Gasteiger partial charge in [0.15, 0.2) is 0 Å². The van der Waals surface area contributed by atoms with Gasteiger partial charge in [-0.3, -0.25) is 10.0 Å². The summed E-state index contributed by atoms with van der Waals surface area (Å²) in [6, 6.07) is 10.1. The Morgan fingerprint density at radius 2 is 1.86 bits per heavy atom. The second-order valence-corrected chi connectivity index (χ2v) is 12.0. The summed E-state index contributed by atoms with van der Waals surface area (Å²) in [6.07, 6.45) is 4.35. The zero-order valence-electron chi connectivity index (χ0n) is 20.8. The lowest BCUT2D eigenvalue weighted by Gasteiger charge is -2.40. The van der Waals surface area contributed by atoms with Crippen molar-refractivity contribution in [1.29, 1.82) is 0 Å². The first-order valence-corrected chi connectivity index (χ1v) is 14.1. The molecule has 2 N–H and O–H groups in total. The molecular weight excluding hydrogens is 484 g/mol. The highest BCUT2D eigenvalue weighted by atomic mass is 32.2. The molecule has 0 radical (unpaired) electrons. The van der Waals surface area contributed by atoms with Gasteiger partial charge in [0.1, 0.15) is 6.61 Å². The van der Waals surface area contributed by atoms with Crippen LogP contribution in [0.4, 0.5) is 4.79 Å².